The molecule has 96 valence electrons. The van der Waals surface area contributed by atoms with E-state index < -0.39 is 0 Å². The zero-order valence-corrected chi connectivity index (χ0v) is 10.6. The molecule has 0 aliphatic rings. The number of hydrogen-bond acceptors (Lipinski definition) is 3. The van der Waals surface area contributed by atoms with Crippen LogP contribution in [0.25, 0.3) is 0 Å². The Kier molecular flexibility index (Phi) is 3.76. The van der Waals surface area contributed by atoms with Crippen LogP contribution in [0.1, 0.15) is 17.8 Å². The van der Waals surface area contributed by atoms with Gasteiger partial charge in [0.25, 0.3) is 0 Å². The van der Waals surface area contributed by atoms with Crippen LogP contribution in [-0.4, -0.2) is 25.5 Å². The molecule has 6 nitrogen and oxygen atoms in total. The highest BCUT2D eigenvalue weighted by Crippen LogP contribution is 1.99. The fourth-order valence-electron chi connectivity index (χ4n) is 1.69. The molecule has 6 heteroatoms. The van der Waals surface area contributed by atoms with Gasteiger partial charge in [-0.05, 0) is 19.1 Å². The lowest BCUT2D eigenvalue weighted by Crippen LogP contribution is -2.25. The molecular weight excluding hydrogens is 230 g/mol. The van der Waals surface area contributed by atoms with Gasteiger partial charge in [-0.2, -0.15) is 10.2 Å². The second kappa shape index (κ2) is 5.48. The fourth-order valence-corrected chi connectivity index (χ4v) is 1.69. The van der Waals surface area contributed by atoms with Crippen LogP contribution in [-0.2, 0) is 24.9 Å². The van der Waals surface area contributed by atoms with Crippen molar-refractivity contribution in [2.24, 2.45) is 7.05 Å². The molecule has 0 bridgehead atoms. The van der Waals surface area contributed by atoms with Gasteiger partial charge in [0.05, 0.1) is 12.2 Å². The molecule has 2 aromatic heterocycles. The number of hydrogen-bond donors (Lipinski definition) is 1. The maximum atomic E-state index is 11.7. The third-order valence-electron chi connectivity index (χ3n) is 2.87. The molecule has 0 aliphatic heterocycles. The smallest absolute Gasteiger partial charge is 0.222 e. The molecule has 18 heavy (non-hydrogen) atoms. The van der Waals surface area contributed by atoms with Crippen LogP contribution in [0.15, 0.2) is 24.5 Å². The molecule has 0 saturated carbocycles. The molecule has 0 spiro atoms. The van der Waals surface area contributed by atoms with Crippen molar-refractivity contribution >= 4 is 5.91 Å². The second-order valence-corrected chi connectivity index (χ2v) is 4.17. The van der Waals surface area contributed by atoms with Crippen LogP contribution in [0.4, 0.5) is 0 Å². The zero-order valence-electron chi connectivity index (χ0n) is 10.6. The number of carbonyl (C=O) groups is 1. The van der Waals surface area contributed by atoms with Gasteiger partial charge in [0.2, 0.25) is 5.91 Å². The summed E-state index contributed by atoms with van der Waals surface area (Å²) in [7, 11) is 1.86. The van der Waals surface area contributed by atoms with Crippen molar-refractivity contribution in [2.75, 3.05) is 0 Å². The van der Waals surface area contributed by atoms with Gasteiger partial charge in [0, 0.05) is 38.1 Å². The van der Waals surface area contributed by atoms with Gasteiger partial charge in [-0.15, -0.1) is 0 Å². The summed E-state index contributed by atoms with van der Waals surface area (Å²) in [6.07, 6.45) is 3.89. The summed E-state index contributed by atoms with van der Waals surface area (Å²) >= 11 is 0. The van der Waals surface area contributed by atoms with Gasteiger partial charge in [-0.1, -0.05) is 0 Å². The van der Waals surface area contributed by atoms with Crippen molar-refractivity contribution in [3.63, 3.8) is 0 Å². The van der Waals surface area contributed by atoms with E-state index in [1.165, 1.54) is 0 Å². The molecule has 0 radical (unpaired) electrons. The summed E-state index contributed by atoms with van der Waals surface area (Å²) in [6, 6.07) is 3.81. The molecule has 0 saturated heterocycles. The van der Waals surface area contributed by atoms with Crippen LogP contribution in [0.3, 0.4) is 0 Å². The lowest BCUT2D eigenvalue weighted by molar-refractivity contribution is -0.121. The summed E-state index contributed by atoms with van der Waals surface area (Å²) in [5, 5.41) is 11.0. The fraction of sp³-hybridized carbons (Fsp3) is 0.417. The summed E-state index contributed by atoms with van der Waals surface area (Å²) in [5.74, 6) is 0.0195. The average molecular weight is 247 g/mol. The molecule has 0 fully saturated rings. The van der Waals surface area contributed by atoms with E-state index in [9.17, 15) is 4.79 Å². The van der Waals surface area contributed by atoms with Gasteiger partial charge in [-0.25, -0.2) is 0 Å². The summed E-state index contributed by atoms with van der Waals surface area (Å²) < 4.78 is 3.57. The van der Waals surface area contributed by atoms with E-state index in [1.54, 1.807) is 17.1 Å². The van der Waals surface area contributed by atoms with Crippen LogP contribution in [0.5, 0.6) is 0 Å². The van der Waals surface area contributed by atoms with E-state index >= 15 is 0 Å². The highest BCUT2D eigenvalue weighted by atomic mass is 16.1. The topological polar surface area (TPSA) is 64.7 Å². The third kappa shape index (κ3) is 2.97. The van der Waals surface area contributed by atoms with E-state index in [2.05, 4.69) is 15.5 Å². The standard InChI is InChI=1S/C12H17N5O/c1-10-3-6-15-17(10)8-5-12(18)13-9-11-4-7-14-16(11)2/h3-4,6-7H,5,8-9H2,1-2H3,(H,13,18). The Morgan fingerprint density at radius 2 is 2.11 bits per heavy atom. The lowest BCUT2D eigenvalue weighted by atomic mass is 10.3. The minimum atomic E-state index is 0.0195. The maximum Gasteiger partial charge on any atom is 0.222 e. The summed E-state index contributed by atoms with van der Waals surface area (Å²) in [6.45, 7) is 3.09. The number of aryl methyl sites for hydroxylation is 3. The molecule has 1 N–H and O–H groups in total. The second-order valence-electron chi connectivity index (χ2n) is 4.17. The highest BCUT2D eigenvalue weighted by molar-refractivity contribution is 5.75. The number of amides is 1. The van der Waals surface area contributed by atoms with Crippen molar-refractivity contribution in [1.82, 2.24) is 24.9 Å². The van der Waals surface area contributed by atoms with Gasteiger partial charge in [0.1, 0.15) is 0 Å². The number of rotatable bonds is 5. The molecular formula is C12H17N5O. The molecule has 0 aromatic carbocycles. The van der Waals surface area contributed by atoms with Crippen molar-refractivity contribution in [1.29, 1.82) is 0 Å². The SMILES string of the molecule is Cc1ccnn1CCC(=O)NCc1ccnn1C. The van der Waals surface area contributed by atoms with E-state index in [4.69, 9.17) is 0 Å². The van der Waals surface area contributed by atoms with E-state index in [1.807, 2.05) is 30.8 Å². The molecule has 0 atom stereocenters. The summed E-state index contributed by atoms with van der Waals surface area (Å²) in [4.78, 5) is 11.7. The largest absolute Gasteiger partial charge is 0.350 e. The van der Waals surface area contributed by atoms with Crippen LogP contribution >= 0.6 is 0 Å². The van der Waals surface area contributed by atoms with Crippen LogP contribution in [0, 0.1) is 6.92 Å². The number of nitrogens with one attached hydrogen (secondary N) is 1. The maximum absolute atomic E-state index is 11.7. The molecule has 0 unspecified atom stereocenters. The molecule has 0 aliphatic carbocycles. The quantitative estimate of drug-likeness (QED) is 0.843. The minimum absolute atomic E-state index is 0.0195. The van der Waals surface area contributed by atoms with Crippen LogP contribution < -0.4 is 5.32 Å². The number of carbonyl (C=O) groups excluding carboxylic acids is 1. The Morgan fingerprint density at radius 1 is 1.33 bits per heavy atom. The van der Waals surface area contributed by atoms with Crippen molar-refractivity contribution in [2.45, 2.75) is 26.4 Å². The van der Waals surface area contributed by atoms with E-state index in [-0.39, 0.29) is 5.91 Å². The van der Waals surface area contributed by atoms with Gasteiger partial charge >= 0.3 is 0 Å². The predicted molar refractivity (Wildman–Crippen MR) is 66.6 cm³/mol. The van der Waals surface area contributed by atoms with Crippen LogP contribution in [0.2, 0.25) is 0 Å². The first-order valence-corrected chi connectivity index (χ1v) is 5.89. The lowest BCUT2D eigenvalue weighted by Gasteiger charge is -2.06. The minimum Gasteiger partial charge on any atom is -0.350 e. The molecule has 2 rings (SSSR count). The van der Waals surface area contributed by atoms with Crippen molar-refractivity contribution < 1.29 is 4.79 Å². The summed E-state index contributed by atoms with van der Waals surface area (Å²) in [5.41, 5.74) is 2.05. The normalized spacial score (nSPS) is 10.6. The molecule has 2 heterocycles. The Balaban J connectivity index is 1.76. The Hall–Kier alpha value is -2.11. The van der Waals surface area contributed by atoms with Gasteiger partial charge in [-0.3, -0.25) is 14.2 Å². The first kappa shape index (κ1) is 12.3. The molecule has 1 amide bonds. The third-order valence-corrected chi connectivity index (χ3v) is 2.87. The predicted octanol–water partition coefficient (Wildman–Crippen LogP) is 0.632. The van der Waals surface area contributed by atoms with Gasteiger partial charge in [0.15, 0.2) is 0 Å². The van der Waals surface area contributed by atoms with E-state index in [0.29, 0.717) is 19.5 Å². The monoisotopic (exact) mass is 247 g/mol. The van der Waals surface area contributed by atoms with Crippen molar-refractivity contribution in [3.8, 4) is 0 Å². The number of nitrogens with zero attached hydrogens (tertiary/aromatic N) is 4. The number of aromatic nitrogens is 4. The van der Waals surface area contributed by atoms with E-state index in [0.717, 1.165) is 11.4 Å². The Bertz CT molecular complexity index is 482. The molecule has 2 aromatic rings. The highest BCUT2D eigenvalue weighted by Gasteiger charge is 2.05. The first-order valence-electron chi connectivity index (χ1n) is 5.89. The Labute approximate surface area is 106 Å². The first-order chi connectivity index (χ1) is 8.66. The van der Waals surface area contributed by atoms with Crippen molar-refractivity contribution in [3.05, 3.63) is 35.9 Å². The zero-order chi connectivity index (χ0) is 13.0. The Morgan fingerprint density at radius 3 is 2.72 bits per heavy atom. The van der Waals surface area contributed by atoms with Gasteiger partial charge < -0.3 is 5.32 Å². The average Bonchev–Trinajstić information content (AvgIpc) is 2.93.